The van der Waals surface area contributed by atoms with E-state index in [0.717, 1.165) is 11.1 Å². The fourth-order valence-corrected chi connectivity index (χ4v) is 4.44. The molecule has 0 fully saturated rings. The summed E-state index contributed by atoms with van der Waals surface area (Å²) in [5.74, 6) is 0.316. The number of amides is 1. The number of hydrogen-bond acceptors (Lipinski definition) is 3. The van der Waals surface area contributed by atoms with E-state index in [-0.39, 0.29) is 18.0 Å². The Morgan fingerprint density at radius 3 is 2.42 bits per heavy atom. The van der Waals surface area contributed by atoms with Gasteiger partial charge in [-0.3, -0.25) is 14.2 Å². The molecule has 0 aliphatic heterocycles. The van der Waals surface area contributed by atoms with Gasteiger partial charge in [-0.25, -0.2) is 4.98 Å². The highest BCUT2D eigenvalue weighted by Gasteiger charge is 2.15. The topological polar surface area (TPSA) is 64.0 Å². The second-order valence-electron chi connectivity index (χ2n) is 8.37. The first kappa shape index (κ1) is 23.8. The monoisotopic (exact) mass is 513 g/mol. The van der Waals surface area contributed by atoms with Crippen molar-refractivity contribution in [1.29, 1.82) is 0 Å². The maximum atomic E-state index is 13.8. The first-order chi connectivity index (χ1) is 17.5. The van der Waals surface area contributed by atoms with Crippen molar-refractivity contribution < 1.29 is 4.79 Å². The van der Waals surface area contributed by atoms with Gasteiger partial charge < -0.3 is 5.32 Å². The number of aromatic nitrogens is 2. The molecule has 5 nitrogen and oxygen atoms in total. The van der Waals surface area contributed by atoms with Crippen LogP contribution in [0.15, 0.2) is 102 Å². The molecule has 4 aromatic carbocycles. The first-order valence-corrected chi connectivity index (χ1v) is 12.1. The van der Waals surface area contributed by atoms with Crippen molar-refractivity contribution in [2.45, 2.75) is 13.0 Å². The van der Waals surface area contributed by atoms with Crippen molar-refractivity contribution in [3.8, 4) is 0 Å². The molecule has 1 N–H and O–H groups in total. The van der Waals surface area contributed by atoms with Gasteiger partial charge in [-0.1, -0.05) is 77.8 Å². The van der Waals surface area contributed by atoms with Gasteiger partial charge in [-0.2, -0.15) is 0 Å². The molecular weight excluding hydrogens is 493 g/mol. The lowest BCUT2D eigenvalue weighted by Crippen LogP contribution is -2.26. The Hall–Kier alpha value is -3.93. The predicted octanol–water partition coefficient (Wildman–Crippen LogP) is 6.59. The van der Waals surface area contributed by atoms with Crippen LogP contribution in [0.5, 0.6) is 0 Å². The van der Waals surface area contributed by atoms with Crippen LogP contribution in [0.4, 0.5) is 5.69 Å². The van der Waals surface area contributed by atoms with E-state index >= 15 is 0 Å². The molecule has 5 aromatic rings. The molecule has 5 rings (SSSR count). The summed E-state index contributed by atoms with van der Waals surface area (Å²) in [6, 6.07) is 29.1. The lowest BCUT2D eigenvalue weighted by molar-refractivity contribution is 0.102. The fourth-order valence-electron chi connectivity index (χ4n) is 4.05. The van der Waals surface area contributed by atoms with E-state index in [1.165, 1.54) is 0 Å². The number of hydrogen-bond donors (Lipinski definition) is 1. The lowest BCUT2D eigenvalue weighted by atomic mass is 10.1. The Kier molecular flexibility index (Phi) is 6.85. The number of rotatable bonds is 6. The molecule has 0 aliphatic rings. The quantitative estimate of drug-likeness (QED) is 0.278. The van der Waals surface area contributed by atoms with Gasteiger partial charge in [0.15, 0.2) is 0 Å². The SMILES string of the molecule is O=C(Nc1ccc2nc(Cc3ccccc3)n(Cc3ccccc3Cl)c(=O)c2c1)c1cccc(Cl)c1. The van der Waals surface area contributed by atoms with Crippen molar-refractivity contribution in [2.24, 2.45) is 0 Å². The molecule has 1 amide bonds. The summed E-state index contributed by atoms with van der Waals surface area (Å²) in [4.78, 5) is 31.3. The Morgan fingerprint density at radius 1 is 0.861 bits per heavy atom. The zero-order valence-electron chi connectivity index (χ0n) is 19.1. The highest BCUT2D eigenvalue weighted by Crippen LogP contribution is 2.21. The number of carbonyl (C=O) groups is 1. The van der Waals surface area contributed by atoms with Crippen molar-refractivity contribution in [3.63, 3.8) is 0 Å². The Morgan fingerprint density at radius 2 is 1.64 bits per heavy atom. The molecule has 0 unspecified atom stereocenters. The summed E-state index contributed by atoms with van der Waals surface area (Å²) in [6.45, 7) is 0.280. The van der Waals surface area contributed by atoms with Crippen LogP contribution in [0.25, 0.3) is 10.9 Å². The summed E-state index contributed by atoms with van der Waals surface area (Å²) in [6.07, 6.45) is 0.490. The Bertz CT molecular complexity index is 1630. The highest BCUT2D eigenvalue weighted by atomic mass is 35.5. The van der Waals surface area contributed by atoms with E-state index in [1.54, 1.807) is 53.1 Å². The Balaban J connectivity index is 1.57. The van der Waals surface area contributed by atoms with Crippen molar-refractivity contribution in [2.75, 3.05) is 5.32 Å². The van der Waals surface area contributed by atoms with Gasteiger partial charge in [0.1, 0.15) is 5.82 Å². The van der Waals surface area contributed by atoms with E-state index in [4.69, 9.17) is 28.2 Å². The molecular formula is C29H21Cl2N3O2. The molecule has 0 saturated heterocycles. The van der Waals surface area contributed by atoms with E-state index in [0.29, 0.717) is 44.4 Å². The molecule has 36 heavy (non-hydrogen) atoms. The average Bonchev–Trinajstić information content (AvgIpc) is 2.88. The molecule has 0 atom stereocenters. The minimum absolute atomic E-state index is 0.204. The van der Waals surface area contributed by atoms with Gasteiger partial charge in [0.25, 0.3) is 11.5 Å². The molecule has 7 heteroatoms. The van der Waals surface area contributed by atoms with E-state index < -0.39 is 0 Å². The van der Waals surface area contributed by atoms with Crippen LogP contribution in [-0.2, 0) is 13.0 Å². The van der Waals surface area contributed by atoms with Gasteiger partial charge in [-0.05, 0) is 53.6 Å². The zero-order chi connectivity index (χ0) is 25.1. The standard InChI is InChI=1S/C29H21Cl2N3O2/c30-22-11-6-10-20(16-22)28(35)32-23-13-14-26-24(17-23)29(36)34(18-21-9-4-5-12-25(21)31)27(33-26)15-19-7-2-1-3-8-19/h1-14,16-17H,15,18H2,(H,32,35). The molecule has 1 heterocycles. The van der Waals surface area contributed by atoms with Gasteiger partial charge in [-0.15, -0.1) is 0 Å². The summed E-state index contributed by atoms with van der Waals surface area (Å²) in [5.41, 5.74) is 3.14. The van der Waals surface area contributed by atoms with Crippen molar-refractivity contribution in [1.82, 2.24) is 9.55 Å². The fraction of sp³-hybridized carbons (Fsp3) is 0.0690. The van der Waals surface area contributed by atoms with Crippen LogP contribution in [0, 0.1) is 0 Å². The number of nitrogens with one attached hydrogen (secondary N) is 1. The largest absolute Gasteiger partial charge is 0.322 e. The van der Waals surface area contributed by atoms with Gasteiger partial charge in [0.05, 0.1) is 17.4 Å². The van der Waals surface area contributed by atoms with Gasteiger partial charge in [0.2, 0.25) is 0 Å². The molecule has 0 saturated carbocycles. The summed E-state index contributed by atoms with van der Waals surface area (Å²) in [7, 11) is 0. The number of nitrogens with zero attached hydrogens (tertiary/aromatic N) is 2. The van der Waals surface area contributed by atoms with Crippen LogP contribution >= 0.6 is 23.2 Å². The van der Waals surface area contributed by atoms with Crippen LogP contribution in [0.2, 0.25) is 10.0 Å². The molecule has 0 aliphatic carbocycles. The van der Waals surface area contributed by atoms with Crippen LogP contribution < -0.4 is 10.9 Å². The van der Waals surface area contributed by atoms with Crippen LogP contribution in [-0.4, -0.2) is 15.5 Å². The minimum Gasteiger partial charge on any atom is -0.322 e. The first-order valence-electron chi connectivity index (χ1n) is 11.4. The van der Waals surface area contributed by atoms with Gasteiger partial charge >= 0.3 is 0 Å². The molecule has 0 bridgehead atoms. The number of halogens is 2. The normalized spacial score (nSPS) is 10.9. The Labute approximate surface area is 218 Å². The van der Waals surface area contributed by atoms with Crippen LogP contribution in [0.3, 0.4) is 0 Å². The van der Waals surface area contributed by atoms with Crippen LogP contribution in [0.1, 0.15) is 27.3 Å². The third kappa shape index (κ3) is 5.18. The number of fused-ring (bicyclic) bond motifs is 1. The lowest BCUT2D eigenvalue weighted by Gasteiger charge is -2.15. The van der Waals surface area contributed by atoms with Crippen molar-refractivity contribution >= 4 is 45.7 Å². The second kappa shape index (κ2) is 10.4. The summed E-state index contributed by atoms with van der Waals surface area (Å²) >= 11 is 12.4. The number of carbonyl (C=O) groups excluding carboxylic acids is 1. The van der Waals surface area contributed by atoms with E-state index in [1.807, 2.05) is 48.5 Å². The number of benzene rings is 4. The maximum Gasteiger partial charge on any atom is 0.261 e. The molecule has 0 spiro atoms. The molecule has 178 valence electrons. The third-order valence-corrected chi connectivity index (χ3v) is 6.47. The maximum absolute atomic E-state index is 13.8. The highest BCUT2D eigenvalue weighted by molar-refractivity contribution is 6.31. The van der Waals surface area contributed by atoms with Gasteiger partial charge in [0, 0.05) is 27.7 Å². The van der Waals surface area contributed by atoms with E-state index in [9.17, 15) is 9.59 Å². The molecule has 0 radical (unpaired) electrons. The number of anilines is 1. The predicted molar refractivity (Wildman–Crippen MR) is 145 cm³/mol. The van der Waals surface area contributed by atoms with E-state index in [2.05, 4.69) is 5.32 Å². The van der Waals surface area contributed by atoms with Crippen molar-refractivity contribution in [3.05, 3.63) is 140 Å². The second-order valence-corrected chi connectivity index (χ2v) is 9.21. The minimum atomic E-state index is -0.318. The zero-order valence-corrected chi connectivity index (χ0v) is 20.6. The summed E-state index contributed by atoms with van der Waals surface area (Å²) in [5, 5.41) is 4.30. The third-order valence-electron chi connectivity index (χ3n) is 5.87. The summed E-state index contributed by atoms with van der Waals surface area (Å²) < 4.78 is 1.65. The molecule has 1 aromatic heterocycles. The average molecular weight is 514 g/mol. The smallest absolute Gasteiger partial charge is 0.261 e.